The number of hydrogen-bond donors (Lipinski definition) is 1. The summed E-state index contributed by atoms with van der Waals surface area (Å²) in [6.07, 6.45) is 3.13. The van der Waals surface area contributed by atoms with Gasteiger partial charge in [0, 0.05) is 18.8 Å². The summed E-state index contributed by atoms with van der Waals surface area (Å²) in [5.41, 5.74) is 0.465. The van der Waals surface area contributed by atoms with Gasteiger partial charge >= 0.3 is 5.97 Å². The van der Waals surface area contributed by atoms with Crippen molar-refractivity contribution in [3.8, 4) is 0 Å². The van der Waals surface area contributed by atoms with E-state index in [2.05, 4.69) is 4.98 Å². The second-order valence-electron chi connectivity index (χ2n) is 4.01. The van der Waals surface area contributed by atoms with Crippen molar-refractivity contribution in [3.63, 3.8) is 0 Å². The third-order valence-electron chi connectivity index (χ3n) is 2.78. The summed E-state index contributed by atoms with van der Waals surface area (Å²) in [5.74, 6) is -4.39. The van der Waals surface area contributed by atoms with Gasteiger partial charge in [-0.05, 0) is 18.6 Å². The highest BCUT2D eigenvalue weighted by Gasteiger charge is 2.37. The molecular weight excluding hydrogens is 234 g/mol. The van der Waals surface area contributed by atoms with Gasteiger partial charge in [-0.1, -0.05) is 13.0 Å². The molecule has 1 aromatic heterocycles. The number of hydrogen-bond acceptors (Lipinski definition) is 4. The van der Waals surface area contributed by atoms with E-state index in [1.165, 1.54) is 19.3 Å². The fraction of sp³-hybridized carbons (Fsp3) is 0.385. The predicted octanol–water partition coefficient (Wildman–Crippen LogP) is 1.43. The maximum atomic E-state index is 11.9. The third kappa shape index (κ3) is 3.00. The molecule has 0 fully saturated rings. The van der Waals surface area contributed by atoms with Crippen molar-refractivity contribution in [2.24, 2.45) is 5.92 Å². The third-order valence-corrected chi connectivity index (χ3v) is 2.78. The first-order chi connectivity index (χ1) is 8.49. The van der Waals surface area contributed by atoms with Crippen LogP contribution >= 0.6 is 0 Å². The van der Waals surface area contributed by atoms with E-state index < -0.39 is 23.6 Å². The highest BCUT2D eigenvalue weighted by Crippen LogP contribution is 2.27. The molecule has 0 saturated heterocycles. The van der Waals surface area contributed by atoms with Gasteiger partial charge in [0.05, 0.1) is 5.92 Å². The molecule has 1 N–H and O–H groups in total. The Morgan fingerprint density at radius 1 is 1.39 bits per heavy atom. The summed E-state index contributed by atoms with van der Waals surface area (Å²) >= 11 is 0. The number of carboxylic acid groups (broad SMARTS) is 1. The van der Waals surface area contributed by atoms with Crippen LogP contribution in [-0.2, 0) is 14.4 Å². The zero-order chi connectivity index (χ0) is 13.7. The smallest absolute Gasteiger partial charge is 0.315 e. The van der Waals surface area contributed by atoms with Crippen LogP contribution in [-0.4, -0.2) is 27.6 Å². The molecule has 5 nitrogen and oxygen atoms in total. The summed E-state index contributed by atoms with van der Waals surface area (Å²) in [6, 6.07) is 3.23. The van der Waals surface area contributed by atoms with E-state index in [-0.39, 0.29) is 12.2 Å². The van der Waals surface area contributed by atoms with Gasteiger partial charge in [0.1, 0.15) is 17.5 Å². The van der Waals surface area contributed by atoms with Gasteiger partial charge < -0.3 is 5.11 Å². The van der Waals surface area contributed by atoms with Crippen molar-refractivity contribution in [2.75, 3.05) is 0 Å². The SMILES string of the molecule is CCC(=O)C(c1cccnc1)C(C(C)=O)C(=O)O. The number of nitrogens with zero attached hydrogens (tertiary/aromatic N) is 1. The number of carbonyl (C=O) groups is 3. The second kappa shape index (κ2) is 6.05. The van der Waals surface area contributed by atoms with Crippen LogP contribution in [0.2, 0.25) is 0 Å². The molecule has 0 amide bonds. The summed E-state index contributed by atoms with van der Waals surface area (Å²) in [7, 11) is 0. The molecule has 2 atom stereocenters. The monoisotopic (exact) mass is 249 g/mol. The lowest BCUT2D eigenvalue weighted by Crippen LogP contribution is -2.33. The Morgan fingerprint density at radius 2 is 2.06 bits per heavy atom. The fourth-order valence-corrected chi connectivity index (χ4v) is 1.90. The van der Waals surface area contributed by atoms with Crippen LogP contribution in [0.1, 0.15) is 31.7 Å². The number of rotatable bonds is 6. The Balaban J connectivity index is 3.25. The Morgan fingerprint density at radius 3 is 2.44 bits per heavy atom. The molecule has 0 aliphatic rings. The van der Waals surface area contributed by atoms with Crippen molar-refractivity contribution < 1.29 is 19.5 Å². The first kappa shape index (κ1) is 14.0. The molecule has 0 bridgehead atoms. The Kier molecular flexibility index (Phi) is 4.71. The van der Waals surface area contributed by atoms with E-state index in [9.17, 15) is 14.4 Å². The molecule has 0 radical (unpaired) electrons. The standard InChI is InChI=1S/C13H15NO4/c1-3-10(16)12(9-5-4-6-14-7-9)11(8(2)15)13(17)18/h4-7,11-12H,3H2,1-2H3,(H,17,18). The van der Waals surface area contributed by atoms with Crippen LogP contribution < -0.4 is 0 Å². The first-order valence-electron chi connectivity index (χ1n) is 5.65. The van der Waals surface area contributed by atoms with Gasteiger partial charge in [0.2, 0.25) is 0 Å². The number of ketones is 2. The lowest BCUT2D eigenvalue weighted by atomic mass is 9.80. The summed E-state index contributed by atoms with van der Waals surface area (Å²) in [4.78, 5) is 38.4. The molecule has 96 valence electrons. The van der Waals surface area contributed by atoms with Crippen LogP contribution in [0.25, 0.3) is 0 Å². The van der Waals surface area contributed by atoms with Gasteiger partial charge in [-0.15, -0.1) is 0 Å². The minimum Gasteiger partial charge on any atom is -0.481 e. The minimum atomic E-state index is -1.35. The Hall–Kier alpha value is -2.04. The average Bonchev–Trinajstić information content (AvgIpc) is 2.34. The number of aromatic nitrogens is 1. The second-order valence-corrected chi connectivity index (χ2v) is 4.01. The van der Waals surface area contributed by atoms with E-state index >= 15 is 0 Å². The van der Waals surface area contributed by atoms with Crippen LogP contribution in [0.3, 0.4) is 0 Å². The Bertz CT molecular complexity index is 441. The average molecular weight is 249 g/mol. The van der Waals surface area contributed by atoms with E-state index in [0.29, 0.717) is 5.56 Å². The molecule has 1 aromatic rings. The zero-order valence-corrected chi connectivity index (χ0v) is 10.3. The number of carboxylic acids is 1. The number of aliphatic carboxylic acids is 1. The topological polar surface area (TPSA) is 84.3 Å². The largest absolute Gasteiger partial charge is 0.481 e. The predicted molar refractivity (Wildman–Crippen MR) is 64.1 cm³/mol. The van der Waals surface area contributed by atoms with Crippen molar-refractivity contribution in [3.05, 3.63) is 30.1 Å². The molecule has 0 saturated carbocycles. The molecule has 0 spiro atoms. The van der Waals surface area contributed by atoms with Gasteiger partial charge in [0.25, 0.3) is 0 Å². The van der Waals surface area contributed by atoms with Crippen LogP contribution in [0.15, 0.2) is 24.5 Å². The molecule has 2 unspecified atom stereocenters. The van der Waals surface area contributed by atoms with E-state index in [0.717, 1.165) is 0 Å². The molecule has 0 aliphatic carbocycles. The zero-order valence-electron chi connectivity index (χ0n) is 10.3. The molecule has 0 aliphatic heterocycles. The summed E-state index contributed by atoms with van der Waals surface area (Å²) < 4.78 is 0. The number of Topliss-reactive ketones (excluding diaryl/α,β-unsaturated/α-hetero) is 2. The molecule has 1 heterocycles. The van der Waals surface area contributed by atoms with Crippen molar-refractivity contribution in [1.29, 1.82) is 0 Å². The summed E-state index contributed by atoms with van der Waals surface area (Å²) in [6.45, 7) is 2.83. The lowest BCUT2D eigenvalue weighted by Gasteiger charge is -2.20. The molecule has 18 heavy (non-hydrogen) atoms. The van der Waals surface area contributed by atoms with Crippen LogP contribution in [0, 0.1) is 5.92 Å². The molecule has 0 aromatic carbocycles. The van der Waals surface area contributed by atoms with Gasteiger partial charge in [-0.3, -0.25) is 19.4 Å². The number of carbonyl (C=O) groups excluding carboxylic acids is 2. The fourth-order valence-electron chi connectivity index (χ4n) is 1.90. The quantitative estimate of drug-likeness (QED) is 0.771. The number of pyridine rings is 1. The minimum absolute atomic E-state index is 0.177. The summed E-state index contributed by atoms with van der Waals surface area (Å²) in [5, 5.41) is 9.13. The lowest BCUT2D eigenvalue weighted by molar-refractivity contribution is -0.149. The van der Waals surface area contributed by atoms with Crippen LogP contribution in [0.4, 0.5) is 0 Å². The van der Waals surface area contributed by atoms with Crippen LogP contribution in [0.5, 0.6) is 0 Å². The van der Waals surface area contributed by atoms with Crippen molar-refractivity contribution in [1.82, 2.24) is 4.98 Å². The maximum Gasteiger partial charge on any atom is 0.315 e. The highest BCUT2D eigenvalue weighted by atomic mass is 16.4. The van der Waals surface area contributed by atoms with Crippen molar-refractivity contribution in [2.45, 2.75) is 26.2 Å². The highest BCUT2D eigenvalue weighted by molar-refractivity contribution is 6.04. The van der Waals surface area contributed by atoms with E-state index in [1.807, 2.05) is 0 Å². The maximum absolute atomic E-state index is 11.9. The van der Waals surface area contributed by atoms with Crippen molar-refractivity contribution >= 4 is 17.5 Å². The van der Waals surface area contributed by atoms with Gasteiger partial charge in [-0.2, -0.15) is 0 Å². The van der Waals surface area contributed by atoms with E-state index in [1.54, 1.807) is 19.1 Å². The van der Waals surface area contributed by atoms with Gasteiger partial charge in [0.15, 0.2) is 0 Å². The molecule has 1 rings (SSSR count). The normalized spacial score (nSPS) is 13.7. The first-order valence-corrected chi connectivity index (χ1v) is 5.65. The molecular formula is C13H15NO4. The van der Waals surface area contributed by atoms with E-state index in [4.69, 9.17) is 5.11 Å². The Labute approximate surface area is 105 Å². The molecule has 5 heteroatoms. The van der Waals surface area contributed by atoms with Gasteiger partial charge in [-0.25, -0.2) is 0 Å².